The molecule has 206 valence electrons. The Morgan fingerprint density at radius 1 is 1.08 bits per heavy atom. The van der Waals surface area contributed by atoms with Gasteiger partial charge in [0.2, 0.25) is 23.6 Å². The number of hydrogen-bond donors (Lipinski definition) is 7. The molecule has 1 aliphatic heterocycles. The summed E-state index contributed by atoms with van der Waals surface area (Å²) in [6, 6.07) is 3.27. The number of benzene rings is 1. The molecule has 1 aromatic heterocycles. The fraction of sp³-hybridized carbons (Fsp3) is 0.480. The molecule has 0 radical (unpaired) electrons. The summed E-state index contributed by atoms with van der Waals surface area (Å²) in [6.07, 6.45) is 4.78. The molecule has 0 spiro atoms. The smallest absolute Gasteiger partial charge is 0.326 e. The second kappa shape index (κ2) is 13.8. The molecule has 0 saturated carbocycles. The van der Waals surface area contributed by atoms with Crippen LogP contribution in [0, 0.1) is 0 Å². The number of nitrogens with two attached hydrogens (primary N) is 1. The molecule has 38 heavy (non-hydrogen) atoms. The van der Waals surface area contributed by atoms with Gasteiger partial charge in [0.1, 0.15) is 18.1 Å². The number of primary amides is 1. The molecule has 1 aromatic carbocycles. The SMILES string of the molecule is CSCCC(NC(=O)C1CCCN1)C(=O)NC(CC(N)=O)C(=O)NC(Cc1c[nH]c2ccccc12)C(=O)O. The minimum atomic E-state index is -1.41. The zero-order valence-electron chi connectivity index (χ0n) is 21.1. The Labute approximate surface area is 224 Å². The third kappa shape index (κ3) is 7.96. The van der Waals surface area contributed by atoms with Crippen molar-refractivity contribution >= 4 is 52.3 Å². The number of rotatable bonds is 14. The summed E-state index contributed by atoms with van der Waals surface area (Å²) < 4.78 is 0. The lowest BCUT2D eigenvalue weighted by Gasteiger charge is -2.24. The highest BCUT2D eigenvalue weighted by Crippen LogP contribution is 2.19. The highest BCUT2D eigenvalue weighted by Gasteiger charge is 2.32. The molecule has 2 heterocycles. The van der Waals surface area contributed by atoms with Crippen LogP contribution in [0.1, 0.15) is 31.2 Å². The molecule has 4 unspecified atom stereocenters. The van der Waals surface area contributed by atoms with E-state index in [4.69, 9.17) is 5.73 Å². The number of H-pyrrole nitrogens is 1. The number of carbonyl (C=O) groups excluding carboxylic acids is 4. The molecule has 12 nitrogen and oxygen atoms in total. The van der Waals surface area contributed by atoms with Gasteiger partial charge in [-0.15, -0.1) is 0 Å². The number of para-hydroxylation sites is 1. The molecule has 1 saturated heterocycles. The van der Waals surface area contributed by atoms with E-state index in [9.17, 15) is 29.1 Å². The number of carboxylic acids is 1. The van der Waals surface area contributed by atoms with Crippen LogP contribution < -0.4 is 27.0 Å². The Balaban J connectivity index is 1.71. The summed E-state index contributed by atoms with van der Waals surface area (Å²) in [5, 5.41) is 21.3. The molecular formula is C25H34N6O6S. The van der Waals surface area contributed by atoms with E-state index in [1.165, 1.54) is 11.8 Å². The van der Waals surface area contributed by atoms with Crippen LogP contribution >= 0.6 is 11.8 Å². The van der Waals surface area contributed by atoms with E-state index < -0.39 is 54.3 Å². The molecule has 1 aliphatic rings. The van der Waals surface area contributed by atoms with Crippen molar-refractivity contribution in [1.29, 1.82) is 0 Å². The van der Waals surface area contributed by atoms with Gasteiger partial charge in [-0.25, -0.2) is 4.79 Å². The van der Waals surface area contributed by atoms with Gasteiger partial charge in [-0.2, -0.15) is 11.8 Å². The average molecular weight is 547 g/mol. The van der Waals surface area contributed by atoms with Gasteiger partial charge in [-0.3, -0.25) is 19.2 Å². The Bertz CT molecular complexity index is 1160. The van der Waals surface area contributed by atoms with E-state index >= 15 is 0 Å². The lowest BCUT2D eigenvalue weighted by molar-refractivity contribution is -0.142. The van der Waals surface area contributed by atoms with Crippen LogP contribution in [-0.2, 0) is 30.4 Å². The first-order valence-electron chi connectivity index (χ1n) is 12.4. The van der Waals surface area contributed by atoms with Crippen LogP contribution in [0.4, 0.5) is 0 Å². The molecule has 4 amide bonds. The van der Waals surface area contributed by atoms with Crippen LogP contribution in [-0.4, -0.2) is 82.4 Å². The van der Waals surface area contributed by atoms with Gasteiger partial charge in [-0.05, 0) is 49.4 Å². The number of aromatic nitrogens is 1. The van der Waals surface area contributed by atoms with Crippen LogP contribution in [0.2, 0.25) is 0 Å². The van der Waals surface area contributed by atoms with Crippen molar-refractivity contribution in [3.8, 4) is 0 Å². The third-order valence-corrected chi connectivity index (χ3v) is 7.02. The molecule has 2 aromatic rings. The predicted molar refractivity (Wildman–Crippen MR) is 143 cm³/mol. The highest BCUT2D eigenvalue weighted by molar-refractivity contribution is 7.98. The van der Waals surface area contributed by atoms with Crippen molar-refractivity contribution in [2.24, 2.45) is 5.73 Å². The van der Waals surface area contributed by atoms with Gasteiger partial charge in [0.05, 0.1) is 12.5 Å². The van der Waals surface area contributed by atoms with Crippen LogP contribution in [0.5, 0.6) is 0 Å². The molecular weight excluding hydrogens is 512 g/mol. The Hall–Kier alpha value is -3.58. The molecule has 8 N–H and O–H groups in total. The van der Waals surface area contributed by atoms with Crippen LogP contribution in [0.3, 0.4) is 0 Å². The maximum atomic E-state index is 13.1. The lowest BCUT2D eigenvalue weighted by Crippen LogP contribution is -2.58. The van der Waals surface area contributed by atoms with Crippen molar-refractivity contribution in [2.75, 3.05) is 18.6 Å². The first-order chi connectivity index (χ1) is 18.2. The summed E-state index contributed by atoms with van der Waals surface area (Å²) in [7, 11) is 0. The van der Waals surface area contributed by atoms with E-state index in [1.807, 2.05) is 30.5 Å². The summed E-state index contributed by atoms with van der Waals surface area (Å²) in [4.78, 5) is 65.5. The number of amides is 4. The second-order valence-electron chi connectivity index (χ2n) is 9.19. The molecule has 13 heteroatoms. The normalized spacial score (nSPS) is 17.3. The Morgan fingerprint density at radius 3 is 2.45 bits per heavy atom. The number of aromatic amines is 1. The van der Waals surface area contributed by atoms with Gasteiger partial charge in [0.15, 0.2) is 0 Å². The zero-order chi connectivity index (χ0) is 27.7. The third-order valence-electron chi connectivity index (χ3n) is 6.37. The quantitative estimate of drug-likeness (QED) is 0.167. The van der Waals surface area contributed by atoms with Crippen molar-refractivity contribution in [3.05, 3.63) is 36.0 Å². The number of carboxylic acid groups (broad SMARTS) is 1. The molecule has 3 rings (SSSR count). The topological polar surface area (TPSA) is 196 Å². The van der Waals surface area contributed by atoms with Gasteiger partial charge in [-0.1, -0.05) is 18.2 Å². The summed E-state index contributed by atoms with van der Waals surface area (Å²) in [5.74, 6) is -3.40. The summed E-state index contributed by atoms with van der Waals surface area (Å²) in [5.41, 5.74) is 6.82. The number of fused-ring (bicyclic) bond motifs is 1. The van der Waals surface area contributed by atoms with E-state index in [-0.39, 0.29) is 12.3 Å². The van der Waals surface area contributed by atoms with Crippen molar-refractivity contribution in [2.45, 2.75) is 56.3 Å². The number of thioether (sulfide) groups is 1. The number of carbonyl (C=O) groups is 5. The lowest BCUT2D eigenvalue weighted by atomic mass is 10.0. The minimum absolute atomic E-state index is 0.0247. The molecule has 1 fully saturated rings. The Morgan fingerprint density at radius 2 is 1.79 bits per heavy atom. The van der Waals surface area contributed by atoms with E-state index in [2.05, 4.69) is 26.3 Å². The number of hydrogen-bond acceptors (Lipinski definition) is 7. The summed E-state index contributed by atoms with van der Waals surface area (Å²) >= 11 is 1.49. The van der Waals surface area contributed by atoms with E-state index in [1.54, 1.807) is 6.20 Å². The average Bonchev–Trinajstić information content (AvgIpc) is 3.56. The largest absolute Gasteiger partial charge is 0.480 e. The summed E-state index contributed by atoms with van der Waals surface area (Å²) in [6.45, 7) is 0.712. The Kier molecular flexibility index (Phi) is 10.5. The highest BCUT2D eigenvalue weighted by atomic mass is 32.2. The first kappa shape index (κ1) is 29.0. The predicted octanol–water partition coefficient (Wildman–Crippen LogP) is -0.370. The molecule has 0 bridgehead atoms. The molecule has 4 atom stereocenters. The first-order valence-corrected chi connectivity index (χ1v) is 13.8. The van der Waals surface area contributed by atoms with E-state index in [0.29, 0.717) is 30.7 Å². The van der Waals surface area contributed by atoms with E-state index in [0.717, 1.165) is 17.3 Å². The second-order valence-corrected chi connectivity index (χ2v) is 10.2. The van der Waals surface area contributed by atoms with Gasteiger partial charge in [0, 0.05) is 23.5 Å². The van der Waals surface area contributed by atoms with Crippen molar-refractivity contribution < 1.29 is 29.1 Å². The van der Waals surface area contributed by atoms with Gasteiger partial charge >= 0.3 is 5.97 Å². The van der Waals surface area contributed by atoms with Crippen molar-refractivity contribution in [1.82, 2.24) is 26.3 Å². The monoisotopic (exact) mass is 546 g/mol. The standard InChI is InChI=1S/C25H34N6O6S/c1-38-10-8-18(29-22(33)17-7-4-9-27-17)23(34)30-19(12-21(26)32)24(35)31-20(25(36)37)11-14-13-28-16-6-3-2-5-15(14)16/h2-3,5-6,13,17-20,27-28H,4,7-12H2,1H3,(H2,26,32)(H,29,33)(H,30,34)(H,31,35)(H,36,37). The number of nitrogens with one attached hydrogen (secondary N) is 5. The zero-order valence-corrected chi connectivity index (χ0v) is 21.9. The van der Waals surface area contributed by atoms with Gasteiger partial charge in [0.25, 0.3) is 0 Å². The molecule has 0 aliphatic carbocycles. The minimum Gasteiger partial charge on any atom is -0.480 e. The number of aliphatic carboxylic acids is 1. The van der Waals surface area contributed by atoms with Crippen molar-refractivity contribution in [3.63, 3.8) is 0 Å². The van der Waals surface area contributed by atoms with Gasteiger partial charge < -0.3 is 37.1 Å². The maximum absolute atomic E-state index is 13.1. The van der Waals surface area contributed by atoms with Crippen LogP contribution in [0.15, 0.2) is 30.5 Å². The van der Waals surface area contributed by atoms with Crippen LogP contribution in [0.25, 0.3) is 10.9 Å². The fourth-order valence-electron chi connectivity index (χ4n) is 4.36. The maximum Gasteiger partial charge on any atom is 0.326 e. The fourth-order valence-corrected chi connectivity index (χ4v) is 4.83.